The van der Waals surface area contributed by atoms with Crippen molar-refractivity contribution < 1.29 is 18.3 Å². The van der Waals surface area contributed by atoms with Crippen LogP contribution in [0.1, 0.15) is 229 Å². The molecule has 8 aromatic carbocycles. The van der Waals surface area contributed by atoms with Crippen LogP contribution in [-0.2, 0) is 53.9 Å². The summed E-state index contributed by atoms with van der Waals surface area (Å²) in [6.45, 7) is 51.8. The highest BCUT2D eigenvalue weighted by Gasteiger charge is 2.35. The molecule has 4 nitrogen and oxygen atoms in total. The van der Waals surface area contributed by atoms with Gasteiger partial charge in [-0.05, 0) is 326 Å². The highest BCUT2D eigenvalue weighted by molar-refractivity contribution is 5.91. The summed E-state index contributed by atoms with van der Waals surface area (Å²) in [4.78, 5) is 0. The van der Waals surface area contributed by atoms with Gasteiger partial charge in [-0.1, -0.05) is 159 Å². The normalized spacial score (nSPS) is 12.4. The van der Waals surface area contributed by atoms with E-state index in [0.717, 1.165) is 25.7 Å². The van der Waals surface area contributed by atoms with E-state index in [1.54, 1.807) is 0 Å². The Morgan fingerprint density at radius 2 is 0.579 bits per heavy atom. The topological polar surface area (TPSA) is 15.5 Å². The molecule has 12 aromatic rings. The summed E-state index contributed by atoms with van der Waals surface area (Å²) < 4.78 is 9.18. The Morgan fingerprint density at radius 1 is 0.224 bits per heavy atom. The zero-order chi connectivity index (χ0) is 77.0. The van der Waals surface area contributed by atoms with Gasteiger partial charge in [-0.25, -0.2) is 18.3 Å². The first-order valence-corrected chi connectivity index (χ1v) is 39.6. The van der Waals surface area contributed by atoms with Gasteiger partial charge in [-0.3, -0.25) is 0 Å². The van der Waals surface area contributed by atoms with Crippen molar-refractivity contribution in [3.05, 3.63) is 302 Å². The van der Waals surface area contributed by atoms with Gasteiger partial charge >= 0.3 is 0 Å². The zero-order valence-corrected chi connectivity index (χ0v) is 69.9. The minimum atomic E-state index is 0.540. The second-order valence-corrected chi connectivity index (χ2v) is 34.0. The fourth-order valence-corrected chi connectivity index (χ4v) is 18.6. The van der Waals surface area contributed by atoms with Gasteiger partial charge in [0, 0.05) is 46.5 Å². The van der Waals surface area contributed by atoms with Crippen LogP contribution in [0.5, 0.6) is 0 Å². The summed E-state index contributed by atoms with van der Waals surface area (Å²) in [5.74, 6) is 2.22. The summed E-state index contributed by atoms with van der Waals surface area (Å²) in [6, 6.07) is 49.1. The predicted molar refractivity (Wildman–Crippen MR) is 453 cm³/mol. The van der Waals surface area contributed by atoms with Crippen LogP contribution >= 0.6 is 0 Å². The van der Waals surface area contributed by atoms with E-state index in [2.05, 4.69) is 358 Å². The van der Waals surface area contributed by atoms with Gasteiger partial charge in [-0.2, -0.15) is 0 Å². The Kier molecular flexibility index (Phi) is 20.8. The van der Waals surface area contributed by atoms with Crippen molar-refractivity contribution in [1.29, 1.82) is 0 Å². The molecule has 0 radical (unpaired) electrons. The Bertz CT molecular complexity index is 5600. The molecule has 4 aliphatic rings. The minimum absolute atomic E-state index is 0.540. The summed E-state index contributed by atoms with van der Waals surface area (Å²) >= 11 is 0. The molecule has 546 valence electrons. The number of hydrogen-bond acceptors (Lipinski definition) is 0. The van der Waals surface area contributed by atoms with Crippen LogP contribution in [0.3, 0.4) is 0 Å². The molecule has 0 aliphatic heterocycles. The molecule has 0 N–H and O–H groups in total. The molecule has 0 bridgehead atoms. The van der Waals surface area contributed by atoms with Crippen molar-refractivity contribution in [2.45, 2.75) is 209 Å². The van der Waals surface area contributed by atoms with Gasteiger partial charge in [0.25, 0.3) is 0 Å². The lowest BCUT2D eigenvalue weighted by atomic mass is 9.89. The van der Waals surface area contributed by atoms with E-state index in [1.165, 1.54) is 240 Å². The Balaban J connectivity index is 0.000000126. The molecule has 4 aliphatic carbocycles. The quantitative estimate of drug-likeness (QED) is 0.135. The Morgan fingerprint density at radius 3 is 1.04 bits per heavy atom. The molecule has 4 heteroatoms. The van der Waals surface area contributed by atoms with E-state index in [0.29, 0.717) is 23.7 Å². The van der Waals surface area contributed by atoms with E-state index in [1.807, 2.05) is 0 Å². The largest absolute Gasteiger partial charge is 0.213 e. The van der Waals surface area contributed by atoms with Crippen molar-refractivity contribution >= 4 is 0 Å². The van der Waals surface area contributed by atoms with Gasteiger partial charge < -0.3 is 0 Å². The lowest BCUT2D eigenvalue weighted by Gasteiger charge is -2.15. The van der Waals surface area contributed by atoms with Gasteiger partial charge in [0.15, 0.2) is 24.8 Å². The maximum Gasteiger partial charge on any atom is 0.213 e. The van der Waals surface area contributed by atoms with E-state index in [-0.39, 0.29) is 0 Å². The average molecular weight is 1410 g/mol. The maximum atomic E-state index is 2.43. The molecule has 4 heterocycles. The second kappa shape index (κ2) is 29.5. The molecule has 0 unspecified atom stereocenters. The van der Waals surface area contributed by atoms with Crippen LogP contribution in [0.15, 0.2) is 152 Å². The zero-order valence-electron chi connectivity index (χ0n) is 69.9. The first-order chi connectivity index (χ1) is 50.7. The smallest absolute Gasteiger partial charge is 0.201 e. The molecule has 0 spiro atoms. The number of fused-ring (bicyclic) bond motifs is 12. The second-order valence-electron chi connectivity index (χ2n) is 34.0. The fraction of sp³-hybridized carbons (Fsp3) is 0.340. The summed E-state index contributed by atoms with van der Waals surface area (Å²) in [5, 5.41) is 0. The number of hydrogen-bond donors (Lipinski definition) is 0. The molecular weight excluding hydrogens is 1290 g/mol. The molecule has 4 aromatic heterocycles. The lowest BCUT2D eigenvalue weighted by Crippen LogP contribution is -2.32. The number of pyridine rings is 4. The van der Waals surface area contributed by atoms with Crippen molar-refractivity contribution in [2.24, 2.45) is 28.2 Å². The number of aromatic nitrogens is 4. The summed E-state index contributed by atoms with van der Waals surface area (Å²) in [7, 11) is 8.69. The van der Waals surface area contributed by atoms with Crippen LogP contribution in [-0.4, -0.2) is 0 Å². The van der Waals surface area contributed by atoms with Crippen LogP contribution in [0.2, 0.25) is 0 Å². The molecule has 0 fully saturated rings. The minimum Gasteiger partial charge on any atom is -0.201 e. The van der Waals surface area contributed by atoms with E-state index in [9.17, 15) is 0 Å². The van der Waals surface area contributed by atoms with Crippen LogP contribution in [0.4, 0.5) is 0 Å². The molecule has 0 atom stereocenters. The number of rotatable bonds is 8. The highest BCUT2D eigenvalue weighted by atomic mass is 14.9. The lowest BCUT2D eigenvalue weighted by molar-refractivity contribution is -0.660. The van der Waals surface area contributed by atoms with Crippen LogP contribution < -0.4 is 18.3 Å². The summed E-state index contributed by atoms with van der Waals surface area (Å²) in [5.41, 5.74) is 60.9. The number of nitrogens with zero attached hydrogens (tertiary/aromatic N) is 4. The molecular formula is C103H118N4+4. The summed E-state index contributed by atoms with van der Waals surface area (Å²) in [6.07, 6.45) is 13.2. The third-order valence-electron chi connectivity index (χ3n) is 24.8. The first kappa shape index (κ1) is 75.6. The molecule has 16 rings (SSSR count). The van der Waals surface area contributed by atoms with Crippen molar-refractivity contribution in [1.82, 2.24) is 0 Å². The van der Waals surface area contributed by atoms with Crippen molar-refractivity contribution in [3.8, 4) is 89.5 Å². The number of aryl methyl sites for hydroxylation is 19. The monoisotopic (exact) mass is 1410 g/mol. The van der Waals surface area contributed by atoms with E-state index < -0.39 is 0 Å². The SMILES string of the molecule is Cc1cc(-c2c(C)cc(C)c3c2Cc2c-3cccc2C(C)C)[n+](C)cc1C.Cc1cc(-c2c(C)cc(C)c3c2Cc2cc(C(C)C)ccc2-3)[n+](C)cc1C.Cc1cc(-c2c(C)cc(C)c3c2Cc2ccc(C(C)C)cc2-3)[n+](C)cc1C.Cc1cc(-c2c(C)ccc3c2Cc2cccc(C(C)C)c2-3)[n+](C)cc1C. The van der Waals surface area contributed by atoms with Crippen LogP contribution in [0, 0.1) is 104 Å². The fourth-order valence-electron chi connectivity index (χ4n) is 18.6. The Labute approximate surface area is 643 Å². The first-order valence-electron chi connectivity index (χ1n) is 39.6. The third-order valence-corrected chi connectivity index (χ3v) is 24.8. The van der Waals surface area contributed by atoms with Crippen molar-refractivity contribution in [2.75, 3.05) is 0 Å². The highest BCUT2D eigenvalue weighted by Crippen LogP contribution is 2.51. The molecule has 0 amide bonds. The van der Waals surface area contributed by atoms with E-state index >= 15 is 0 Å². The molecule has 0 saturated heterocycles. The number of benzene rings is 8. The molecule has 107 heavy (non-hydrogen) atoms. The predicted octanol–water partition coefficient (Wildman–Crippen LogP) is 24.1. The van der Waals surface area contributed by atoms with Gasteiger partial charge in [0.2, 0.25) is 22.8 Å². The van der Waals surface area contributed by atoms with Crippen LogP contribution in [0.25, 0.3) is 89.5 Å². The maximum absolute atomic E-state index is 2.43. The molecule has 0 saturated carbocycles. The standard InChI is InChI=1S/3C26H30N.C25H28N/c1-15(2)20-8-9-22-21(12-20)13-23-25(22)17(4)10-18(5)26(23)24-11-16(3)19(6)14-27(24)7;1-15(2)20-8-9-21-13-23-25(22(21)12-20)17(4)10-18(5)26(23)24-11-16(3)19(6)14-27(24)7;1-15(2)20-9-8-10-21-22(20)13-23-25(21)17(4)11-18(5)26(23)24-12-16(3)19(6)14-27(24)7;1-15(2)20-9-7-8-19-13-22-21(25(19)20)11-10-16(3)24(22)23-12-17(4)18(5)14-26(23)6/h3*8-12,14-15H,13H2,1-7H3;7-12,14-15H,13H2,1-6H3/q4*+1. The van der Waals surface area contributed by atoms with Gasteiger partial charge in [0.05, 0.1) is 22.3 Å². The van der Waals surface area contributed by atoms with Gasteiger partial charge in [-0.15, -0.1) is 0 Å². The van der Waals surface area contributed by atoms with Gasteiger partial charge in [0.1, 0.15) is 28.2 Å². The van der Waals surface area contributed by atoms with Crippen molar-refractivity contribution in [3.63, 3.8) is 0 Å². The average Bonchev–Trinajstić information content (AvgIpc) is 1.64. The third kappa shape index (κ3) is 13.8. The van der Waals surface area contributed by atoms with E-state index in [4.69, 9.17) is 0 Å². The Hall–Kier alpha value is -9.64.